The molecule has 1 aromatic rings. The van der Waals surface area contributed by atoms with E-state index in [2.05, 4.69) is 5.10 Å². The topological polar surface area (TPSA) is 34.9 Å². The van der Waals surface area contributed by atoms with Gasteiger partial charge in [0.25, 0.3) is 0 Å². The smallest absolute Gasteiger partial charge is 0.147 e. The minimum atomic E-state index is -0.288. The molecule has 1 saturated carbocycles. The molecule has 0 saturated heterocycles. The van der Waals surface area contributed by atoms with Crippen LogP contribution in [0.25, 0.3) is 0 Å². The highest BCUT2D eigenvalue weighted by Gasteiger charge is 2.38. The van der Waals surface area contributed by atoms with Crippen LogP contribution in [0.4, 0.5) is 0 Å². The Morgan fingerprint density at radius 2 is 2.36 bits per heavy atom. The predicted molar refractivity (Wildman–Crippen MR) is 40.1 cm³/mol. The molecule has 1 aliphatic carbocycles. The number of aldehydes is 1. The van der Waals surface area contributed by atoms with Crippen molar-refractivity contribution in [3.63, 3.8) is 0 Å². The van der Waals surface area contributed by atoms with E-state index in [1.54, 1.807) is 10.9 Å². The number of hydrogen-bond donors (Lipinski definition) is 0. The lowest BCUT2D eigenvalue weighted by Crippen LogP contribution is -2.42. The Bertz CT molecular complexity index is 249. The van der Waals surface area contributed by atoms with Crippen molar-refractivity contribution in [1.29, 1.82) is 0 Å². The first kappa shape index (κ1) is 6.58. The molecule has 58 valence electrons. The summed E-state index contributed by atoms with van der Waals surface area (Å²) in [4.78, 5) is 10.7. The summed E-state index contributed by atoms with van der Waals surface area (Å²) >= 11 is 0. The predicted octanol–water partition coefficient (Wildman–Crippen LogP) is 0.961. The summed E-state index contributed by atoms with van der Waals surface area (Å²) in [5.41, 5.74) is -0.288. The molecule has 2 rings (SSSR count). The lowest BCUT2D eigenvalue weighted by molar-refractivity contribution is -0.119. The zero-order valence-electron chi connectivity index (χ0n) is 6.23. The van der Waals surface area contributed by atoms with E-state index >= 15 is 0 Å². The highest BCUT2D eigenvalue weighted by molar-refractivity contribution is 5.63. The second-order valence-corrected chi connectivity index (χ2v) is 3.03. The molecule has 3 heteroatoms. The lowest BCUT2D eigenvalue weighted by atomic mass is 9.78. The monoisotopic (exact) mass is 150 g/mol. The molecule has 0 spiro atoms. The molecular weight excluding hydrogens is 140 g/mol. The summed E-state index contributed by atoms with van der Waals surface area (Å²) in [7, 11) is 0. The average molecular weight is 150 g/mol. The van der Waals surface area contributed by atoms with Crippen LogP contribution in [0.1, 0.15) is 19.3 Å². The number of nitrogens with zero attached hydrogens (tertiary/aromatic N) is 2. The van der Waals surface area contributed by atoms with Gasteiger partial charge in [0.2, 0.25) is 0 Å². The Hall–Kier alpha value is -1.12. The summed E-state index contributed by atoms with van der Waals surface area (Å²) in [6.45, 7) is 0. The first-order valence-electron chi connectivity index (χ1n) is 3.84. The van der Waals surface area contributed by atoms with Gasteiger partial charge in [0.05, 0.1) is 0 Å². The summed E-state index contributed by atoms with van der Waals surface area (Å²) < 4.78 is 1.77. The van der Waals surface area contributed by atoms with Crippen LogP contribution in [-0.4, -0.2) is 16.1 Å². The Balaban J connectivity index is 2.32. The molecular formula is C8H10N2O. The Kier molecular flexibility index (Phi) is 1.31. The van der Waals surface area contributed by atoms with Gasteiger partial charge in [-0.25, -0.2) is 0 Å². The minimum Gasteiger partial charge on any atom is -0.301 e. The Morgan fingerprint density at radius 3 is 2.73 bits per heavy atom. The van der Waals surface area contributed by atoms with Crippen LogP contribution in [0.3, 0.4) is 0 Å². The molecule has 0 atom stereocenters. The standard InChI is InChI=1S/C8H10N2O/c11-7-8(3-1-4-8)10-6-2-5-9-10/h2,5-7H,1,3-4H2. The molecule has 0 aromatic carbocycles. The fourth-order valence-electron chi connectivity index (χ4n) is 1.47. The number of aromatic nitrogens is 2. The van der Waals surface area contributed by atoms with Gasteiger partial charge in [-0.3, -0.25) is 4.68 Å². The first-order valence-corrected chi connectivity index (χ1v) is 3.84. The lowest BCUT2D eigenvalue weighted by Gasteiger charge is -2.36. The Morgan fingerprint density at radius 1 is 1.55 bits per heavy atom. The van der Waals surface area contributed by atoms with Crippen molar-refractivity contribution in [1.82, 2.24) is 9.78 Å². The Labute approximate surface area is 65.0 Å². The van der Waals surface area contributed by atoms with E-state index in [1.807, 2.05) is 12.3 Å². The van der Waals surface area contributed by atoms with Gasteiger partial charge in [-0.1, -0.05) is 0 Å². The van der Waals surface area contributed by atoms with Crippen molar-refractivity contribution in [2.24, 2.45) is 0 Å². The van der Waals surface area contributed by atoms with E-state index in [4.69, 9.17) is 0 Å². The molecule has 0 unspecified atom stereocenters. The molecule has 1 aromatic heterocycles. The van der Waals surface area contributed by atoms with Crippen molar-refractivity contribution >= 4 is 6.29 Å². The second kappa shape index (κ2) is 2.19. The maximum Gasteiger partial charge on any atom is 0.147 e. The fraction of sp³-hybridized carbons (Fsp3) is 0.500. The van der Waals surface area contributed by atoms with E-state index < -0.39 is 0 Å². The van der Waals surface area contributed by atoms with Gasteiger partial charge in [0.1, 0.15) is 11.8 Å². The summed E-state index contributed by atoms with van der Waals surface area (Å²) in [6.07, 6.45) is 7.61. The normalized spacial score (nSPS) is 20.7. The van der Waals surface area contributed by atoms with E-state index in [1.165, 1.54) is 0 Å². The molecule has 0 aliphatic heterocycles. The van der Waals surface area contributed by atoms with Crippen LogP contribution < -0.4 is 0 Å². The largest absolute Gasteiger partial charge is 0.301 e. The molecule has 1 heterocycles. The number of rotatable bonds is 2. The van der Waals surface area contributed by atoms with Gasteiger partial charge in [0.15, 0.2) is 0 Å². The van der Waals surface area contributed by atoms with E-state index in [0.29, 0.717) is 0 Å². The van der Waals surface area contributed by atoms with Gasteiger partial charge < -0.3 is 4.79 Å². The minimum absolute atomic E-state index is 0.288. The highest BCUT2D eigenvalue weighted by atomic mass is 16.1. The van der Waals surface area contributed by atoms with E-state index in [9.17, 15) is 4.79 Å². The van der Waals surface area contributed by atoms with Crippen LogP contribution in [0.5, 0.6) is 0 Å². The number of hydrogen-bond acceptors (Lipinski definition) is 2. The van der Waals surface area contributed by atoms with Gasteiger partial charge in [0, 0.05) is 12.4 Å². The van der Waals surface area contributed by atoms with Crippen LogP contribution in [-0.2, 0) is 10.3 Å². The summed E-state index contributed by atoms with van der Waals surface area (Å²) in [5, 5.41) is 4.07. The van der Waals surface area contributed by atoms with Crippen LogP contribution in [0, 0.1) is 0 Å². The highest BCUT2D eigenvalue weighted by Crippen LogP contribution is 2.36. The molecule has 0 radical (unpaired) electrons. The average Bonchev–Trinajstić information content (AvgIpc) is 2.39. The zero-order chi connectivity index (χ0) is 7.73. The zero-order valence-corrected chi connectivity index (χ0v) is 6.23. The van der Waals surface area contributed by atoms with E-state index in [0.717, 1.165) is 25.5 Å². The molecule has 11 heavy (non-hydrogen) atoms. The third kappa shape index (κ3) is 0.803. The SMILES string of the molecule is O=CC1(n2cccn2)CCC1. The molecule has 3 nitrogen and oxygen atoms in total. The number of carbonyl (C=O) groups excluding carboxylic acids is 1. The van der Waals surface area contributed by atoms with Crippen molar-refractivity contribution in [2.75, 3.05) is 0 Å². The van der Waals surface area contributed by atoms with Crippen LogP contribution >= 0.6 is 0 Å². The molecule has 0 amide bonds. The molecule has 0 bridgehead atoms. The van der Waals surface area contributed by atoms with Gasteiger partial charge in [-0.05, 0) is 25.3 Å². The maximum absolute atomic E-state index is 10.7. The molecule has 1 fully saturated rings. The molecule has 0 N–H and O–H groups in total. The summed E-state index contributed by atoms with van der Waals surface area (Å²) in [6, 6.07) is 1.85. The third-order valence-corrected chi connectivity index (χ3v) is 2.40. The quantitative estimate of drug-likeness (QED) is 0.588. The van der Waals surface area contributed by atoms with Crippen molar-refractivity contribution in [3.05, 3.63) is 18.5 Å². The van der Waals surface area contributed by atoms with Gasteiger partial charge in [-0.15, -0.1) is 0 Å². The van der Waals surface area contributed by atoms with Crippen molar-refractivity contribution in [3.8, 4) is 0 Å². The first-order chi connectivity index (χ1) is 5.37. The van der Waals surface area contributed by atoms with Gasteiger partial charge >= 0.3 is 0 Å². The maximum atomic E-state index is 10.7. The third-order valence-electron chi connectivity index (χ3n) is 2.40. The second-order valence-electron chi connectivity index (χ2n) is 3.03. The van der Waals surface area contributed by atoms with Gasteiger partial charge in [-0.2, -0.15) is 5.10 Å². The van der Waals surface area contributed by atoms with E-state index in [-0.39, 0.29) is 5.54 Å². The molecule has 1 aliphatic rings. The summed E-state index contributed by atoms with van der Waals surface area (Å²) in [5.74, 6) is 0. The number of carbonyl (C=O) groups is 1. The fourth-order valence-corrected chi connectivity index (χ4v) is 1.47. The van der Waals surface area contributed by atoms with Crippen LogP contribution in [0.2, 0.25) is 0 Å². The van der Waals surface area contributed by atoms with Crippen LogP contribution in [0.15, 0.2) is 18.5 Å². The van der Waals surface area contributed by atoms with Crippen molar-refractivity contribution < 1.29 is 4.79 Å². The van der Waals surface area contributed by atoms with Crippen molar-refractivity contribution in [2.45, 2.75) is 24.8 Å².